The van der Waals surface area contributed by atoms with Crippen LogP contribution in [0.25, 0.3) is 11.3 Å². The summed E-state index contributed by atoms with van der Waals surface area (Å²) in [7, 11) is 0. The fraction of sp³-hybridized carbons (Fsp3) is 0.240. The third-order valence-electron chi connectivity index (χ3n) is 5.21. The fourth-order valence-corrected chi connectivity index (χ4v) is 4.62. The molecule has 3 heterocycles. The number of pyridine rings is 1. The molecule has 4 aromatic rings. The average molecular weight is 515 g/mol. The van der Waals surface area contributed by atoms with Gasteiger partial charge in [-0.2, -0.15) is 9.78 Å². The van der Waals surface area contributed by atoms with Gasteiger partial charge in [0.1, 0.15) is 11.5 Å². The van der Waals surface area contributed by atoms with Crippen molar-refractivity contribution >= 4 is 46.3 Å². The largest absolute Gasteiger partial charge is 0.365 e. The summed E-state index contributed by atoms with van der Waals surface area (Å²) >= 11 is 13.8. The Morgan fingerprint density at radius 2 is 1.85 bits per heavy atom. The van der Waals surface area contributed by atoms with Gasteiger partial charge in [-0.25, -0.2) is 0 Å². The molecule has 0 aliphatic carbocycles. The maximum absolute atomic E-state index is 13.3. The molecule has 4 rings (SSSR count). The number of benzene rings is 1. The van der Waals surface area contributed by atoms with Crippen molar-refractivity contribution in [3.05, 3.63) is 90.9 Å². The van der Waals surface area contributed by atoms with Crippen molar-refractivity contribution in [1.82, 2.24) is 14.3 Å². The molecule has 0 amide bonds. The summed E-state index contributed by atoms with van der Waals surface area (Å²) in [4.78, 5) is 27.4. The molecule has 9 heteroatoms. The molecule has 0 radical (unpaired) electrons. The van der Waals surface area contributed by atoms with Gasteiger partial charge in [0.2, 0.25) is 0 Å². The topological polar surface area (TPSA) is 68.9 Å². The fourth-order valence-electron chi connectivity index (χ4n) is 3.40. The number of carbonyl (C=O) groups is 1. The van der Waals surface area contributed by atoms with Crippen LogP contribution in [0.3, 0.4) is 0 Å². The second-order valence-corrected chi connectivity index (χ2v) is 11.1. The zero-order chi connectivity index (χ0) is 24.5. The van der Waals surface area contributed by atoms with Crippen LogP contribution in [0, 0.1) is 5.41 Å². The van der Waals surface area contributed by atoms with Crippen molar-refractivity contribution in [3.63, 3.8) is 0 Å². The van der Waals surface area contributed by atoms with Crippen molar-refractivity contribution in [2.45, 2.75) is 33.9 Å². The number of rotatable bonds is 6. The van der Waals surface area contributed by atoms with Gasteiger partial charge in [0.05, 0.1) is 23.0 Å². The molecule has 0 aliphatic rings. The van der Waals surface area contributed by atoms with Crippen LogP contribution in [0.5, 0.6) is 0 Å². The summed E-state index contributed by atoms with van der Waals surface area (Å²) in [5, 5.41) is 8.40. The van der Waals surface area contributed by atoms with Gasteiger partial charge in [-0.1, -0.05) is 62.2 Å². The molecular weight excluding hydrogens is 491 g/mol. The van der Waals surface area contributed by atoms with E-state index in [-0.39, 0.29) is 11.5 Å². The predicted octanol–water partition coefficient (Wildman–Crippen LogP) is 6.43. The van der Waals surface area contributed by atoms with Crippen molar-refractivity contribution in [2.75, 3.05) is 5.32 Å². The van der Waals surface area contributed by atoms with Crippen LogP contribution in [0.1, 0.15) is 36.0 Å². The molecule has 0 saturated heterocycles. The van der Waals surface area contributed by atoms with E-state index in [1.165, 1.54) is 16.0 Å². The van der Waals surface area contributed by atoms with E-state index in [2.05, 4.69) is 10.4 Å². The van der Waals surface area contributed by atoms with Crippen molar-refractivity contribution < 1.29 is 4.79 Å². The number of nitrogens with one attached hydrogen (secondary N) is 1. The van der Waals surface area contributed by atoms with Crippen LogP contribution in [0.2, 0.25) is 9.36 Å². The van der Waals surface area contributed by atoms with Crippen LogP contribution in [-0.4, -0.2) is 20.3 Å². The number of thiophene rings is 1. The van der Waals surface area contributed by atoms with Gasteiger partial charge < -0.3 is 9.88 Å². The Morgan fingerprint density at radius 1 is 1.09 bits per heavy atom. The molecule has 1 aromatic carbocycles. The highest BCUT2D eigenvalue weighted by molar-refractivity contribution is 7.16. The summed E-state index contributed by atoms with van der Waals surface area (Å²) in [6.45, 7) is 6.31. The normalized spacial score (nSPS) is 11.6. The number of anilines is 1. The van der Waals surface area contributed by atoms with Crippen LogP contribution < -0.4 is 10.9 Å². The smallest absolute Gasteiger partial charge is 0.260 e. The van der Waals surface area contributed by atoms with E-state index in [4.69, 9.17) is 23.2 Å². The summed E-state index contributed by atoms with van der Waals surface area (Å²) in [5.41, 5.74) is 0.785. The SMILES string of the molecule is CC(C)(C)C(=O)n1nc(-c2cccn(Cc3ccccc3Cl)c2=O)cc1NCc1ccc(Cl)s1. The highest BCUT2D eigenvalue weighted by Crippen LogP contribution is 2.27. The standard InChI is InChI=1S/C25H24Cl2N4O2S/c1-25(2,3)24(33)31-22(28-14-17-10-11-21(27)34-17)13-20(29-31)18-8-6-12-30(23(18)32)15-16-7-4-5-9-19(16)26/h4-13,28H,14-15H2,1-3H3. The van der Waals surface area contributed by atoms with E-state index in [0.717, 1.165) is 10.4 Å². The highest BCUT2D eigenvalue weighted by Gasteiger charge is 2.27. The van der Waals surface area contributed by atoms with E-state index in [1.54, 1.807) is 35.0 Å². The third-order valence-corrected chi connectivity index (χ3v) is 6.81. The first kappa shape index (κ1) is 24.3. The molecule has 0 spiro atoms. The average Bonchev–Trinajstić information content (AvgIpc) is 3.40. The maximum Gasteiger partial charge on any atom is 0.260 e. The molecule has 1 N–H and O–H groups in total. The highest BCUT2D eigenvalue weighted by atomic mass is 35.5. The minimum atomic E-state index is -0.660. The van der Waals surface area contributed by atoms with Gasteiger partial charge >= 0.3 is 0 Å². The summed E-state index contributed by atoms with van der Waals surface area (Å²) in [5.74, 6) is 0.332. The van der Waals surface area contributed by atoms with E-state index < -0.39 is 5.41 Å². The Balaban J connectivity index is 1.71. The monoisotopic (exact) mass is 514 g/mol. The van der Waals surface area contributed by atoms with Gasteiger partial charge in [0, 0.05) is 27.6 Å². The van der Waals surface area contributed by atoms with Gasteiger partial charge in [-0.15, -0.1) is 11.3 Å². The van der Waals surface area contributed by atoms with Crippen LogP contribution >= 0.6 is 34.5 Å². The number of halogens is 2. The van der Waals surface area contributed by atoms with Gasteiger partial charge in [0.25, 0.3) is 11.5 Å². The van der Waals surface area contributed by atoms with Crippen molar-refractivity contribution in [1.29, 1.82) is 0 Å². The number of hydrogen-bond acceptors (Lipinski definition) is 5. The lowest BCUT2D eigenvalue weighted by Crippen LogP contribution is -2.29. The number of hydrogen-bond donors (Lipinski definition) is 1. The first-order valence-corrected chi connectivity index (χ1v) is 12.3. The van der Waals surface area contributed by atoms with Crippen molar-refractivity contribution in [2.24, 2.45) is 5.41 Å². The second-order valence-electron chi connectivity index (χ2n) is 8.89. The lowest BCUT2D eigenvalue weighted by Gasteiger charge is -2.18. The maximum atomic E-state index is 13.3. The Morgan fingerprint density at radius 3 is 2.53 bits per heavy atom. The summed E-state index contributed by atoms with van der Waals surface area (Å²) in [6.07, 6.45) is 1.71. The van der Waals surface area contributed by atoms with Gasteiger partial charge in [-0.3, -0.25) is 9.59 Å². The van der Waals surface area contributed by atoms with Gasteiger partial charge in [-0.05, 0) is 35.9 Å². The van der Waals surface area contributed by atoms with Crippen LogP contribution in [0.4, 0.5) is 5.82 Å². The quantitative estimate of drug-likeness (QED) is 0.322. The molecular formula is C25H24Cl2N4O2S. The molecule has 0 saturated carbocycles. The molecule has 3 aromatic heterocycles. The van der Waals surface area contributed by atoms with E-state index in [1.807, 2.05) is 51.1 Å². The second kappa shape index (κ2) is 9.78. The molecule has 0 bridgehead atoms. The molecule has 34 heavy (non-hydrogen) atoms. The zero-order valence-electron chi connectivity index (χ0n) is 19.0. The third kappa shape index (κ3) is 5.27. The minimum Gasteiger partial charge on any atom is -0.365 e. The van der Waals surface area contributed by atoms with E-state index in [9.17, 15) is 9.59 Å². The lowest BCUT2D eigenvalue weighted by molar-refractivity contribution is 0.0752. The molecule has 0 atom stereocenters. The number of carbonyl (C=O) groups excluding carboxylic acids is 1. The molecule has 176 valence electrons. The number of aromatic nitrogens is 3. The first-order valence-electron chi connectivity index (χ1n) is 10.7. The van der Waals surface area contributed by atoms with E-state index in [0.29, 0.717) is 39.5 Å². The van der Waals surface area contributed by atoms with Crippen molar-refractivity contribution in [3.8, 4) is 11.3 Å². The number of nitrogens with zero attached hydrogens (tertiary/aromatic N) is 3. The van der Waals surface area contributed by atoms with Crippen LogP contribution in [0.15, 0.2) is 65.6 Å². The zero-order valence-corrected chi connectivity index (χ0v) is 21.3. The lowest BCUT2D eigenvalue weighted by atomic mass is 9.96. The predicted molar refractivity (Wildman–Crippen MR) is 139 cm³/mol. The molecule has 6 nitrogen and oxygen atoms in total. The Labute approximate surface area is 211 Å². The Kier molecular flexibility index (Phi) is 6.98. The summed E-state index contributed by atoms with van der Waals surface area (Å²) in [6, 6.07) is 16.4. The van der Waals surface area contributed by atoms with Crippen LogP contribution in [-0.2, 0) is 13.1 Å². The molecule has 0 aliphatic heterocycles. The molecule has 0 fully saturated rings. The Bertz CT molecular complexity index is 1400. The molecule has 0 unspecified atom stereocenters. The Hall–Kier alpha value is -2.87. The van der Waals surface area contributed by atoms with Gasteiger partial charge in [0.15, 0.2) is 0 Å². The summed E-state index contributed by atoms with van der Waals surface area (Å²) < 4.78 is 3.62. The minimum absolute atomic E-state index is 0.183. The first-order chi connectivity index (χ1) is 16.1. The van der Waals surface area contributed by atoms with E-state index >= 15 is 0 Å².